The summed E-state index contributed by atoms with van der Waals surface area (Å²) >= 11 is 5.87. The molecule has 0 radical (unpaired) electrons. The fraction of sp³-hybridized carbons (Fsp3) is 0.263. The summed E-state index contributed by atoms with van der Waals surface area (Å²) in [7, 11) is -4.49. The molecule has 0 bridgehead atoms. The zero-order chi connectivity index (χ0) is 28.0. The van der Waals surface area contributed by atoms with Crippen molar-refractivity contribution >= 4 is 45.1 Å². The van der Waals surface area contributed by atoms with Gasteiger partial charge in [0.1, 0.15) is 10.6 Å². The van der Waals surface area contributed by atoms with Crippen molar-refractivity contribution in [2.75, 3.05) is 17.9 Å². The van der Waals surface area contributed by atoms with E-state index in [1.54, 1.807) is 0 Å². The highest BCUT2D eigenvalue weighted by molar-refractivity contribution is 7.92. The maximum Gasteiger partial charge on any atom is 0.493 e. The van der Waals surface area contributed by atoms with Crippen molar-refractivity contribution in [2.24, 2.45) is 5.73 Å². The van der Waals surface area contributed by atoms with E-state index in [1.807, 2.05) is 10.2 Å². The molecule has 0 saturated heterocycles. The first-order chi connectivity index (χ1) is 17.1. The number of amides is 1. The highest BCUT2D eigenvalue weighted by atomic mass is 35.5. The maximum atomic E-state index is 12.9. The van der Waals surface area contributed by atoms with Crippen LogP contribution in [-0.2, 0) is 24.4 Å². The van der Waals surface area contributed by atoms with Crippen LogP contribution < -0.4 is 31.6 Å². The summed E-state index contributed by atoms with van der Waals surface area (Å²) in [5, 5.41) is 9.06. The number of sulfonamides is 1. The van der Waals surface area contributed by atoms with Gasteiger partial charge in [-0.1, -0.05) is 23.7 Å². The molecule has 6 N–H and O–H groups in total. The molecule has 0 saturated carbocycles. The van der Waals surface area contributed by atoms with Crippen LogP contribution >= 0.6 is 11.6 Å². The van der Waals surface area contributed by atoms with E-state index in [0.29, 0.717) is 0 Å². The van der Waals surface area contributed by atoms with Crippen molar-refractivity contribution in [2.45, 2.75) is 23.9 Å². The van der Waals surface area contributed by atoms with Gasteiger partial charge >= 0.3 is 17.7 Å². The van der Waals surface area contributed by atoms with Gasteiger partial charge in [-0.15, -0.1) is 4.73 Å². The highest BCUT2D eigenvalue weighted by Crippen LogP contribution is 2.23. The molecule has 18 heteroatoms. The largest absolute Gasteiger partial charge is 0.493 e. The molecular weight excluding hydrogens is 549 g/mol. The number of carbonyl (C=O) groups is 2. The Morgan fingerprint density at radius 3 is 2.46 bits per heavy atom. The number of nitrogens with two attached hydrogens (primary N) is 1. The van der Waals surface area contributed by atoms with E-state index < -0.39 is 61.8 Å². The van der Waals surface area contributed by atoms with Gasteiger partial charge in [-0.2, -0.15) is 13.2 Å². The summed E-state index contributed by atoms with van der Waals surface area (Å²) in [6.07, 6.45) is -5.52. The number of benzene rings is 1. The van der Waals surface area contributed by atoms with Gasteiger partial charge in [0.2, 0.25) is 11.9 Å². The Morgan fingerprint density at radius 2 is 1.86 bits per heavy atom. The number of hydrogen-bond donors (Lipinski definition) is 5. The number of alkyl halides is 3. The normalized spacial score (nSPS) is 12.4. The van der Waals surface area contributed by atoms with Gasteiger partial charge in [0.25, 0.3) is 10.0 Å². The molecule has 0 spiro atoms. The monoisotopic (exact) mass is 568 g/mol. The lowest BCUT2D eigenvalue weighted by molar-refractivity contribution is -0.200. The summed E-state index contributed by atoms with van der Waals surface area (Å²) < 4.78 is 65.7. The van der Waals surface area contributed by atoms with Crippen LogP contribution in [0.15, 0.2) is 46.1 Å². The third-order valence-corrected chi connectivity index (χ3v) is 6.23. The average Bonchev–Trinajstić information content (AvgIpc) is 2.80. The van der Waals surface area contributed by atoms with Crippen molar-refractivity contribution in [1.29, 1.82) is 5.41 Å². The minimum Gasteiger partial charge on any atom is -0.368 e. The van der Waals surface area contributed by atoms with Crippen LogP contribution in [0.25, 0.3) is 0 Å². The molecule has 0 fully saturated rings. The molecular formula is C19H20ClF3N6O7S. The molecule has 0 aliphatic rings. The molecule has 0 aliphatic carbocycles. The molecule has 1 unspecified atom stereocenters. The van der Waals surface area contributed by atoms with Crippen LogP contribution in [0.4, 0.5) is 18.9 Å². The quantitative estimate of drug-likeness (QED) is 0.117. The molecule has 1 aromatic carbocycles. The molecule has 1 aromatic heterocycles. The molecule has 202 valence electrons. The van der Waals surface area contributed by atoms with Crippen molar-refractivity contribution < 1.29 is 40.9 Å². The number of nitrogens with zero attached hydrogens (tertiary/aromatic N) is 1. The summed E-state index contributed by atoms with van der Waals surface area (Å²) in [6, 6.07) is 6.96. The fourth-order valence-corrected chi connectivity index (χ4v) is 4.24. The van der Waals surface area contributed by atoms with E-state index in [0.717, 1.165) is 18.2 Å². The van der Waals surface area contributed by atoms with Gasteiger partial charge in [0.15, 0.2) is 0 Å². The van der Waals surface area contributed by atoms with Gasteiger partial charge in [-0.3, -0.25) is 24.6 Å². The highest BCUT2D eigenvalue weighted by Gasteiger charge is 2.43. The second-order valence-electron chi connectivity index (χ2n) is 7.06. The molecule has 1 heterocycles. The topological polar surface area (TPSA) is 195 Å². The molecule has 37 heavy (non-hydrogen) atoms. The van der Waals surface area contributed by atoms with E-state index in [-0.39, 0.29) is 22.9 Å². The van der Waals surface area contributed by atoms with Gasteiger partial charge in [-0.25, -0.2) is 18.7 Å². The number of guanidine groups is 1. The van der Waals surface area contributed by atoms with E-state index in [1.165, 1.54) is 25.1 Å². The van der Waals surface area contributed by atoms with Gasteiger partial charge in [-0.05, 0) is 31.2 Å². The Balaban J connectivity index is 2.40. The zero-order valence-electron chi connectivity index (χ0n) is 18.8. The van der Waals surface area contributed by atoms with Gasteiger partial charge in [0, 0.05) is 6.54 Å². The molecule has 1 atom stereocenters. The Bertz CT molecular complexity index is 1350. The number of aromatic nitrogens is 1. The Morgan fingerprint density at radius 1 is 1.22 bits per heavy atom. The first kappa shape index (κ1) is 29.4. The van der Waals surface area contributed by atoms with Crippen LogP contribution in [0, 0.1) is 5.41 Å². The number of carbonyl (C=O) groups excluding carboxylic acids is 2. The van der Waals surface area contributed by atoms with Gasteiger partial charge < -0.3 is 15.9 Å². The molecule has 0 aliphatic heterocycles. The van der Waals surface area contributed by atoms with Crippen molar-refractivity contribution in [3.8, 4) is 0 Å². The number of halogens is 4. The second kappa shape index (κ2) is 11.9. The van der Waals surface area contributed by atoms with E-state index >= 15 is 0 Å². The molecule has 1 amide bonds. The maximum absolute atomic E-state index is 12.9. The van der Waals surface area contributed by atoms with Gasteiger partial charge in [0.05, 0.1) is 23.2 Å². The minimum absolute atomic E-state index is 0.127. The van der Waals surface area contributed by atoms with Crippen molar-refractivity contribution in [3.05, 3.63) is 57.5 Å². The number of nitrogens with one attached hydrogen (secondary N) is 4. The number of pyridine rings is 1. The number of anilines is 1. The van der Waals surface area contributed by atoms with E-state index in [2.05, 4.69) is 10.2 Å². The van der Waals surface area contributed by atoms with E-state index in [9.17, 15) is 36.0 Å². The Kier molecular flexibility index (Phi) is 9.49. The molecule has 13 nitrogen and oxygen atoms in total. The van der Waals surface area contributed by atoms with Crippen molar-refractivity contribution in [1.82, 2.24) is 15.5 Å². The average molecular weight is 569 g/mol. The zero-order valence-corrected chi connectivity index (χ0v) is 20.3. The molecule has 2 rings (SSSR count). The van der Waals surface area contributed by atoms with Crippen LogP contribution in [0.5, 0.6) is 0 Å². The van der Waals surface area contributed by atoms with E-state index in [4.69, 9.17) is 27.6 Å². The van der Waals surface area contributed by atoms with Crippen LogP contribution in [0.1, 0.15) is 18.5 Å². The fourth-order valence-electron chi connectivity index (χ4n) is 2.66. The Hall–Kier alpha value is -3.83. The second-order valence-corrected chi connectivity index (χ2v) is 9.12. The third kappa shape index (κ3) is 7.83. The lowest BCUT2D eigenvalue weighted by atomic mass is 10.1. The first-order valence-electron chi connectivity index (χ1n) is 9.97. The smallest absolute Gasteiger partial charge is 0.368 e. The lowest BCUT2D eigenvalue weighted by Gasteiger charge is -2.19. The third-order valence-electron chi connectivity index (χ3n) is 4.37. The molecule has 2 aromatic rings. The predicted molar refractivity (Wildman–Crippen MR) is 123 cm³/mol. The summed E-state index contributed by atoms with van der Waals surface area (Å²) in [5.74, 6) is -5.49. The summed E-state index contributed by atoms with van der Waals surface area (Å²) in [5.41, 5.74) is 4.19. The Labute approximate surface area is 212 Å². The predicted octanol–water partition coefficient (Wildman–Crippen LogP) is 0.454. The standard InChI is InChI=1S/C19H20ClF3N6O7S/c1-10(15(30)26-8-9-35-27-18(24)25)13-7-6-12(16(31)29(13)36-17(32)19(21,22)23)28-37(33,34)14-5-3-2-4-11(14)20/h2-7,10,28H,8-9H2,1H3,(H,26,30)(H4,24,25,27). The number of rotatable bonds is 10. The number of hydroxylamine groups is 1. The SMILES string of the molecule is CC(C(=O)NCCONC(=N)N)c1ccc(NS(=O)(=O)c2ccccc2Cl)c(=O)n1OC(=O)C(F)(F)F. The van der Waals surface area contributed by atoms with Crippen molar-refractivity contribution in [3.63, 3.8) is 0 Å². The summed E-state index contributed by atoms with van der Waals surface area (Å²) in [6.45, 7) is 0.868. The van der Waals surface area contributed by atoms with Crippen LogP contribution in [-0.4, -0.2) is 50.3 Å². The lowest BCUT2D eigenvalue weighted by Crippen LogP contribution is -2.42. The van der Waals surface area contributed by atoms with Crippen LogP contribution in [0.3, 0.4) is 0 Å². The first-order valence-corrected chi connectivity index (χ1v) is 11.8. The summed E-state index contributed by atoms with van der Waals surface area (Å²) in [4.78, 5) is 45.3. The van der Waals surface area contributed by atoms with Crippen LogP contribution in [0.2, 0.25) is 5.02 Å². The minimum atomic E-state index is -5.52. The number of hydrogen-bond acceptors (Lipinski definition) is 8.